The molecule has 0 saturated carbocycles. The maximum Gasteiger partial charge on any atom is 0.269 e. The number of aliphatic hydroxyl groups excluding tert-OH is 1. The quantitative estimate of drug-likeness (QED) is 0.438. The van der Waals surface area contributed by atoms with E-state index in [1.807, 2.05) is 0 Å². The summed E-state index contributed by atoms with van der Waals surface area (Å²) < 4.78 is 0. The van der Waals surface area contributed by atoms with Crippen molar-refractivity contribution in [3.63, 3.8) is 0 Å². The number of hydrogen-bond donors (Lipinski definition) is 2. The minimum absolute atomic E-state index is 0.557. The third-order valence-corrected chi connectivity index (χ3v) is 0.885. The Bertz CT molecular complexity index is 72.6. The number of hydrogen-bond acceptors (Lipinski definition) is 2. The Morgan fingerprint density at radius 1 is 1.50 bits per heavy atom. The van der Waals surface area contributed by atoms with Crippen molar-refractivity contribution in [3.8, 4) is 0 Å². The molecule has 0 aromatic carbocycles. The zero-order valence-electron chi connectivity index (χ0n) is 5.09. The zero-order valence-corrected chi connectivity index (χ0v) is 5.09. The third kappa shape index (κ3) is 5.34. The molecule has 0 saturated heterocycles. The second kappa shape index (κ2) is 4.50. The lowest BCUT2D eigenvalue weighted by Gasteiger charge is -1.87. The lowest BCUT2D eigenvalue weighted by molar-refractivity contribution is 0.189. The van der Waals surface area contributed by atoms with Gasteiger partial charge in [-0.1, -0.05) is 13.3 Å². The van der Waals surface area contributed by atoms with Crippen LogP contribution in [0.3, 0.4) is 0 Å². The van der Waals surface area contributed by atoms with Gasteiger partial charge in [-0.3, -0.25) is 0 Å². The molecule has 8 heavy (non-hydrogen) atoms. The summed E-state index contributed by atoms with van der Waals surface area (Å²) in [5.41, 5.74) is 0. The molecule has 0 aromatic rings. The second-order valence-electron chi connectivity index (χ2n) is 1.70. The molecule has 0 amide bonds. The number of rotatable bonds is 3. The van der Waals surface area contributed by atoms with E-state index in [0.29, 0.717) is 0 Å². The Morgan fingerprint density at radius 2 is 2.12 bits per heavy atom. The van der Waals surface area contributed by atoms with Gasteiger partial charge in [0.2, 0.25) is 0 Å². The van der Waals surface area contributed by atoms with Crippen LogP contribution in [0.4, 0.5) is 0 Å². The van der Waals surface area contributed by atoms with Crippen LogP contribution in [0.1, 0.15) is 26.2 Å². The van der Waals surface area contributed by atoms with Gasteiger partial charge in [0.15, 0.2) is 0 Å². The Balaban J connectivity index is 3.03. The van der Waals surface area contributed by atoms with E-state index in [0.717, 1.165) is 19.3 Å². The van der Waals surface area contributed by atoms with Gasteiger partial charge >= 0.3 is 0 Å². The van der Waals surface area contributed by atoms with Gasteiger partial charge in [0, 0.05) is 0 Å². The van der Waals surface area contributed by atoms with Crippen molar-refractivity contribution in [1.82, 2.24) is 0 Å². The van der Waals surface area contributed by atoms with Crippen LogP contribution in [0.15, 0.2) is 12.0 Å². The Kier molecular flexibility index (Phi) is 4.13. The first-order valence-electron chi connectivity index (χ1n) is 2.85. The van der Waals surface area contributed by atoms with Crippen LogP contribution in [0.2, 0.25) is 0 Å². The maximum atomic E-state index is 8.20. The molecule has 0 atom stereocenters. The topological polar surface area (TPSA) is 40.5 Å². The molecular weight excluding hydrogens is 104 g/mol. The summed E-state index contributed by atoms with van der Waals surface area (Å²) in [6.45, 7) is 2.06. The van der Waals surface area contributed by atoms with E-state index in [1.165, 1.54) is 6.08 Å². The van der Waals surface area contributed by atoms with Crippen LogP contribution in [-0.4, -0.2) is 10.2 Å². The van der Waals surface area contributed by atoms with Crippen molar-refractivity contribution in [2.75, 3.05) is 0 Å². The van der Waals surface area contributed by atoms with Crippen molar-refractivity contribution >= 4 is 0 Å². The van der Waals surface area contributed by atoms with Crippen LogP contribution in [-0.2, 0) is 0 Å². The highest BCUT2D eigenvalue weighted by molar-refractivity contribution is 4.77. The van der Waals surface area contributed by atoms with Gasteiger partial charge in [0.25, 0.3) is 5.95 Å². The fraction of sp³-hybridized carbons (Fsp3) is 0.667. The molecule has 0 heterocycles. The second-order valence-corrected chi connectivity index (χ2v) is 1.70. The zero-order chi connectivity index (χ0) is 6.41. The molecule has 2 heteroatoms. The first-order valence-corrected chi connectivity index (χ1v) is 2.85. The summed E-state index contributed by atoms with van der Waals surface area (Å²) >= 11 is 0. The molecule has 48 valence electrons. The predicted octanol–water partition coefficient (Wildman–Crippen LogP) is 2.13. The van der Waals surface area contributed by atoms with Gasteiger partial charge < -0.3 is 10.2 Å². The van der Waals surface area contributed by atoms with Gasteiger partial charge in [0.05, 0.1) is 0 Å². The average molecular weight is 116 g/mol. The predicted molar refractivity (Wildman–Crippen MR) is 32.9 cm³/mol. The molecule has 0 unspecified atom stereocenters. The lowest BCUT2D eigenvalue weighted by atomic mass is 10.2. The highest BCUT2D eigenvalue weighted by Gasteiger charge is 1.81. The van der Waals surface area contributed by atoms with E-state index in [4.69, 9.17) is 10.2 Å². The van der Waals surface area contributed by atoms with Crippen LogP contribution in [0.25, 0.3) is 0 Å². The largest absolute Gasteiger partial charge is 0.481 e. The summed E-state index contributed by atoms with van der Waals surface area (Å²) in [4.78, 5) is 0. The molecule has 0 fully saturated rings. The molecule has 0 radical (unpaired) electrons. The number of allylic oxidation sites excluding steroid dienone is 1. The normalized spacial score (nSPS) is 8.62. The fourth-order valence-electron chi connectivity index (χ4n) is 0.435. The molecule has 2 N–H and O–H groups in total. The van der Waals surface area contributed by atoms with E-state index in [2.05, 4.69) is 6.92 Å². The van der Waals surface area contributed by atoms with Crippen LogP contribution < -0.4 is 0 Å². The molecular formula is C6H12O2. The first-order chi connectivity index (χ1) is 3.77. The molecule has 0 rings (SSSR count). The average Bonchev–Trinajstić information content (AvgIpc) is 1.66. The highest BCUT2D eigenvalue weighted by Crippen LogP contribution is 1.95. The summed E-state index contributed by atoms with van der Waals surface area (Å²) in [6.07, 6.45) is 4.27. The minimum atomic E-state index is -0.557. The van der Waals surface area contributed by atoms with Gasteiger partial charge in [-0.2, -0.15) is 0 Å². The van der Waals surface area contributed by atoms with Crippen LogP contribution in [0.5, 0.6) is 0 Å². The SMILES string of the molecule is CCCCC=C(O)O. The van der Waals surface area contributed by atoms with E-state index in [9.17, 15) is 0 Å². The van der Waals surface area contributed by atoms with Gasteiger partial charge in [-0.15, -0.1) is 0 Å². The van der Waals surface area contributed by atoms with E-state index in [-0.39, 0.29) is 0 Å². The minimum Gasteiger partial charge on any atom is -0.481 e. The lowest BCUT2D eigenvalue weighted by Crippen LogP contribution is -1.75. The van der Waals surface area contributed by atoms with Crippen LogP contribution in [0, 0.1) is 0 Å². The van der Waals surface area contributed by atoms with E-state index >= 15 is 0 Å². The van der Waals surface area contributed by atoms with E-state index in [1.54, 1.807) is 0 Å². The molecule has 0 spiro atoms. The van der Waals surface area contributed by atoms with Crippen molar-refractivity contribution in [2.45, 2.75) is 26.2 Å². The molecule has 2 nitrogen and oxygen atoms in total. The number of unbranched alkanes of at least 4 members (excludes halogenated alkanes) is 2. The maximum absolute atomic E-state index is 8.20. The van der Waals surface area contributed by atoms with Gasteiger partial charge in [0.1, 0.15) is 0 Å². The van der Waals surface area contributed by atoms with E-state index < -0.39 is 5.95 Å². The molecule has 0 aliphatic carbocycles. The fourth-order valence-corrected chi connectivity index (χ4v) is 0.435. The van der Waals surface area contributed by atoms with Crippen LogP contribution >= 0.6 is 0 Å². The van der Waals surface area contributed by atoms with Crippen molar-refractivity contribution in [2.24, 2.45) is 0 Å². The molecule has 0 aliphatic heterocycles. The first kappa shape index (κ1) is 7.34. The van der Waals surface area contributed by atoms with Crippen molar-refractivity contribution in [3.05, 3.63) is 12.0 Å². The standard InChI is InChI=1S/C6H12O2/c1-2-3-4-5-6(7)8/h5,7-8H,2-4H2,1H3. The summed E-state index contributed by atoms with van der Waals surface area (Å²) in [5.74, 6) is -0.557. The van der Waals surface area contributed by atoms with Gasteiger partial charge in [-0.25, -0.2) is 0 Å². The van der Waals surface area contributed by atoms with Gasteiger partial charge in [-0.05, 0) is 18.9 Å². The summed E-state index contributed by atoms with van der Waals surface area (Å²) in [7, 11) is 0. The van der Waals surface area contributed by atoms with Crippen molar-refractivity contribution in [1.29, 1.82) is 0 Å². The molecule has 0 aromatic heterocycles. The third-order valence-electron chi connectivity index (χ3n) is 0.885. The Morgan fingerprint density at radius 3 is 2.50 bits per heavy atom. The molecule has 0 aliphatic rings. The monoisotopic (exact) mass is 116 g/mol. The van der Waals surface area contributed by atoms with Crippen molar-refractivity contribution < 1.29 is 10.2 Å². The summed E-state index contributed by atoms with van der Waals surface area (Å²) in [6, 6.07) is 0. The smallest absolute Gasteiger partial charge is 0.269 e. The molecule has 0 bridgehead atoms. The number of aliphatic hydroxyl groups is 2. The summed E-state index contributed by atoms with van der Waals surface area (Å²) in [5, 5.41) is 16.4. The Hall–Kier alpha value is -0.660. The highest BCUT2D eigenvalue weighted by atomic mass is 16.5. The Labute approximate surface area is 49.5 Å².